The van der Waals surface area contributed by atoms with Gasteiger partial charge in [0.25, 0.3) is 0 Å². The molecule has 3 rings (SSSR count). The normalized spacial score (nSPS) is 20.1. The van der Waals surface area contributed by atoms with E-state index in [1.165, 1.54) is 11.3 Å². The van der Waals surface area contributed by atoms with Crippen molar-refractivity contribution in [1.82, 2.24) is 9.97 Å². The predicted octanol–water partition coefficient (Wildman–Crippen LogP) is 2.18. The van der Waals surface area contributed by atoms with E-state index >= 15 is 0 Å². The first-order valence-corrected chi connectivity index (χ1v) is 10.4. The highest BCUT2D eigenvalue weighted by Crippen LogP contribution is 2.38. The summed E-state index contributed by atoms with van der Waals surface area (Å²) in [4.78, 5) is 10.6. The molecule has 128 valence electrons. The summed E-state index contributed by atoms with van der Waals surface area (Å²) in [5.41, 5.74) is 0.775. The van der Waals surface area contributed by atoms with Gasteiger partial charge in [-0.3, -0.25) is 0 Å². The molecule has 2 aromatic heterocycles. The zero-order valence-corrected chi connectivity index (χ0v) is 15.5. The average Bonchev–Trinajstić information content (AvgIpc) is 2.90. The Balaban J connectivity index is 2.19. The van der Waals surface area contributed by atoms with Crippen LogP contribution in [-0.2, 0) is 14.6 Å². The van der Waals surface area contributed by atoms with Gasteiger partial charge < -0.3 is 9.64 Å². The molecule has 0 radical (unpaired) electrons. The second kappa shape index (κ2) is 6.44. The number of thiophene rings is 1. The molecule has 7 nitrogen and oxygen atoms in total. The largest absolute Gasteiger partial charge is 0.377 e. The van der Waals surface area contributed by atoms with Gasteiger partial charge in [-0.25, -0.2) is 13.4 Å². The Hall–Kier alpha value is -1.47. The molecular formula is C14H15ClN4O3S2. The second-order valence-electron chi connectivity index (χ2n) is 5.64. The molecule has 2 atom stereocenters. The molecule has 0 aliphatic carbocycles. The number of anilines is 1. The predicted molar refractivity (Wildman–Crippen MR) is 93.2 cm³/mol. The summed E-state index contributed by atoms with van der Waals surface area (Å²) in [7, 11) is -3.58. The van der Waals surface area contributed by atoms with E-state index < -0.39 is 15.1 Å². The highest BCUT2D eigenvalue weighted by molar-refractivity contribution is 7.91. The molecule has 10 heteroatoms. The third-order valence-electron chi connectivity index (χ3n) is 3.87. The van der Waals surface area contributed by atoms with Crippen LogP contribution in [-0.4, -0.2) is 50.4 Å². The van der Waals surface area contributed by atoms with Crippen molar-refractivity contribution in [2.45, 2.75) is 18.2 Å². The number of hydrogen-bond donors (Lipinski definition) is 0. The maximum atomic E-state index is 11.9. The molecule has 0 saturated carbocycles. The van der Waals surface area contributed by atoms with E-state index in [9.17, 15) is 13.7 Å². The summed E-state index contributed by atoms with van der Waals surface area (Å²) >= 11 is 7.40. The zero-order valence-electron chi connectivity index (χ0n) is 13.1. The van der Waals surface area contributed by atoms with Gasteiger partial charge in [-0.15, -0.1) is 11.3 Å². The van der Waals surface area contributed by atoms with Crippen molar-refractivity contribution in [3.05, 3.63) is 16.2 Å². The van der Waals surface area contributed by atoms with Gasteiger partial charge in [0.05, 0.1) is 35.5 Å². The number of halogens is 1. The van der Waals surface area contributed by atoms with E-state index in [-0.39, 0.29) is 11.3 Å². The van der Waals surface area contributed by atoms with Gasteiger partial charge >= 0.3 is 0 Å². The molecule has 0 amide bonds. The van der Waals surface area contributed by atoms with Gasteiger partial charge in [0.1, 0.15) is 0 Å². The minimum atomic E-state index is -3.58. The van der Waals surface area contributed by atoms with Crippen LogP contribution in [0.15, 0.2) is 5.38 Å². The molecular weight excluding hydrogens is 372 g/mol. The maximum Gasteiger partial charge on any atom is 0.224 e. The molecule has 1 aliphatic rings. The van der Waals surface area contributed by atoms with E-state index in [1.54, 1.807) is 5.38 Å². The lowest BCUT2D eigenvalue weighted by atomic mass is 10.2. The number of sulfone groups is 1. The van der Waals surface area contributed by atoms with Gasteiger partial charge in [0, 0.05) is 18.4 Å². The molecule has 1 aliphatic heterocycles. The fourth-order valence-corrected chi connectivity index (χ4v) is 4.83. The first-order chi connectivity index (χ1) is 11.3. The SMILES string of the molecule is C[C@@H]1COCCN1c1nc(Cl)nc2c(C(C#N)S(C)(=O)=O)csc12. The number of morpholine rings is 1. The van der Waals surface area contributed by atoms with Crippen molar-refractivity contribution in [2.24, 2.45) is 0 Å². The molecule has 24 heavy (non-hydrogen) atoms. The van der Waals surface area contributed by atoms with E-state index in [0.717, 1.165) is 11.0 Å². The van der Waals surface area contributed by atoms with Crippen molar-refractivity contribution in [3.8, 4) is 6.07 Å². The lowest BCUT2D eigenvalue weighted by Crippen LogP contribution is -2.44. The van der Waals surface area contributed by atoms with Crippen LogP contribution < -0.4 is 4.90 Å². The van der Waals surface area contributed by atoms with Crippen LogP contribution in [0.5, 0.6) is 0 Å². The number of fused-ring (bicyclic) bond motifs is 1. The van der Waals surface area contributed by atoms with Gasteiger partial charge in [-0.2, -0.15) is 10.2 Å². The Kier molecular flexibility index (Phi) is 4.66. The van der Waals surface area contributed by atoms with E-state index in [1.807, 2.05) is 13.0 Å². The van der Waals surface area contributed by atoms with Gasteiger partial charge in [0.2, 0.25) is 5.28 Å². The third-order valence-corrected chi connectivity index (χ3v) is 6.23. The summed E-state index contributed by atoms with van der Waals surface area (Å²) in [5, 5.41) is 9.70. The van der Waals surface area contributed by atoms with Crippen molar-refractivity contribution in [3.63, 3.8) is 0 Å². The Labute approximate surface area is 148 Å². The lowest BCUT2D eigenvalue weighted by Gasteiger charge is -2.34. The summed E-state index contributed by atoms with van der Waals surface area (Å²) in [5.74, 6) is 0.655. The molecule has 0 bridgehead atoms. The summed E-state index contributed by atoms with van der Waals surface area (Å²) < 4.78 is 30.0. The number of aromatic nitrogens is 2. The fourth-order valence-electron chi connectivity index (χ4n) is 2.71. The van der Waals surface area contributed by atoms with Crippen molar-refractivity contribution < 1.29 is 13.2 Å². The van der Waals surface area contributed by atoms with E-state index in [0.29, 0.717) is 36.7 Å². The highest BCUT2D eigenvalue weighted by Gasteiger charge is 2.30. The van der Waals surface area contributed by atoms with Crippen LogP contribution in [0.25, 0.3) is 10.2 Å². The smallest absolute Gasteiger partial charge is 0.224 e. The molecule has 0 spiro atoms. The van der Waals surface area contributed by atoms with Gasteiger partial charge in [-0.1, -0.05) is 0 Å². The Morgan fingerprint density at radius 3 is 2.92 bits per heavy atom. The van der Waals surface area contributed by atoms with Crippen molar-refractivity contribution in [1.29, 1.82) is 5.26 Å². The topological polar surface area (TPSA) is 96.2 Å². The quantitative estimate of drug-likeness (QED) is 0.746. The molecule has 1 fully saturated rings. The minimum absolute atomic E-state index is 0.0287. The van der Waals surface area contributed by atoms with E-state index in [4.69, 9.17) is 16.3 Å². The minimum Gasteiger partial charge on any atom is -0.377 e. The number of nitriles is 1. The first kappa shape index (κ1) is 17.4. The van der Waals surface area contributed by atoms with Crippen LogP contribution in [0.4, 0.5) is 5.82 Å². The molecule has 0 N–H and O–H groups in total. The Bertz CT molecular complexity index is 922. The Morgan fingerprint density at radius 2 is 2.29 bits per heavy atom. The monoisotopic (exact) mass is 386 g/mol. The second-order valence-corrected chi connectivity index (χ2v) is 8.99. The Morgan fingerprint density at radius 1 is 1.54 bits per heavy atom. The van der Waals surface area contributed by atoms with Gasteiger partial charge in [-0.05, 0) is 23.9 Å². The van der Waals surface area contributed by atoms with E-state index in [2.05, 4.69) is 14.9 Å². The van der Waals surface area contributed by atoms with Crippen LogP contribution >= 0.6 is 22.9 Å². The van der Waals surface area contributed by atoms with Crippen LogP contribution in [0, 0.1) is 11.3 Å². The average molecular weight is 387 g/mol. The lowest BCUT2D eigenvalue weighted by molar-refractivity contribution is 0.0987. The van der Waals surface area contributed by atoms with Gasteiger partial charge in [0.15, 0.2) is 20.9 Å². The standard InChI is InChI=1S/C14H15ClN4O3S2/c1-8-6-22-4-3-19(8)13-12-11(17-14(15)18-13)9(7-23-12)10(5-16)24(2,20)21/h7-8,10H,3-4,6H2,1-2H3/t8-,10?/m1/s1. The number of nitrogens with zero attached hydrogens (tertiary/aromatic N) is 4. The number of rotatable bonds is 3. The van der Waals surface area contributed by atoms with Crippen LogP contribution in [0.2, 0.25) is 5.28 Å². The zero-order chi connectivity index (χ0) is 17.5. The number of hydrogen-bond acceptors (Lipinski definition) is 8. The van der Waals surface area contributed by atoms with Crippen LogP contribution in [0.3, 0.4) is 0 Å². The van der Waals surface area contributed by atoms with Crippen LogP contribution in [0.1, 0.15) is 17.7 Å². The maximum absolute atomic E-state index is 11.9. The summed E-state index contributed by atoms with van der Waals surface area (Å²) in [6, 6.07) is 1.96. The molecule has 3 heterocycles. The fraction of sp³-hybridized carbons (Fsp3) is 0.500. The third kappa shape index (κ3) is 3.07. The number of ether oxygens (including phenoxy) is 1. The van der Waals surface area contributed by atoms with Crippen molar-refractivity contribution >= 4 is 48.8 Å². The summed E-state index contributed by atoms with van der Waals surface area (Å²) in [6.45, 7) is 3.83. The molecule has 1 saturated heterocycles. The molecule has 2 aromatic rings. The molecule has 1 unspecified atom stereocenters. The molecule has 0 aromatic carbocycles. The highest BCUT2D eigenvalue weighted by atomic mass is 35.5. The summed E-state index contributed by atoms with van der Waals surface area (Å²) in [6.07, 6.45) is 1.04. The first-order valence-electron chi connectivity index (χ1n) is 7.20. The van der Waals surface area contributed by atoms with Crippen molar-refractivity contribution in [2.75, 3.05) is 30.9 Å².